The number of nitrogens with one attached hydrogen (secondary N) is 1. The van der Waals surface area contributed by atoms with Gasteiger partial charge in [-0.15, -0.1) is 11.3 Å². The zero-order chi connectivity index (χ0) is 20.1. The Labute approximate surface area is 169 Å². The number of rotatable bonds is 7. The minimum atomic E-state index is -0.530. The van der Waals surface area contributed by atoms with E-state index >= 15 is 0 Å². The van der Waals surface area contributed by atoms with Crippen molar-refractivity contribution in [3.05, 3.63) is 56.8 Å². The van der Waals surface area contributed by atoms with Crippen molar-refractivity contribution in [3.63, 3.8) is 0 Å². The molecule has 0 saturated carbocycles. The third-order valence-corrected chi connectivity index (χ3v) is 5.93. The number of amides is 1. The van der Waals surface area contributed by atoms with E-state index in [1.807, 2.05) is 38.1 Å². The Morgan fingerprint density at radius 3 is 2.71 bits per heavy atom. The van der Waals surface area contributed by atoms with Crippen LogP contribution in [0.3, 0.4) is 0 Å². The van der Waals surface area contributed by atoms with Gasteiger partial charge in [0.25, 0.3) is 5.91 Å². The molecule has 0 bridgehead atoms. The molecule has 1 atom stereocenters. The van der Waals surface area contributed by atoms with Crippen molar-refractivity contribution in [1.82, 2.24) is 5.32 Å². The van der Waals surface area contributed by atoms with E-state index in [2.05, 4.69) is 11.4 Å². The average molecular weight is 400 g/mol. The summed E-state index contributed by atoms with van der Waals surface area (Å²) in [5, 5.41) is 2.95. The van der Waals surface area contributed by atoms with Gasteiger partial charge in [-0.05, 0) is 50.3 Å². The Hall–Kier alpha value is -2.47. The van der Waals surface area contributed by atoms with Crippen LogP contribution in [-0.2, 0) is 20.7 Å². The Bertz CT molecular complexity index is 886. The summed E-state index contributed by atoms with van der Waals surface area (Å²) in [4.78, 5) is 38.3. The number of hydrogen-bond acceptors (Lipinski definition) is 5. The van der Waals surface area contributed by atoms with Crippen molar-refractivity contribution < 1.29 is 19.1 Å². The van der Waals surface area contributed by atoms with Crippen LogP contribution in [0.15, 0.2) is 30.3 Å². The van der Waals surface area contributed by atoms with Gasteiger partial charge in [0, 0.05) is 21.7 Å². The van der Waals surface area contributed by atoms with Gasteiger partial charge in [0.2, 0.25) is 0 Å². The van der Waals surface area contributed by atoms with E-state index in [1.165, 1.54) is 5.56 Å². The van der Waals surface area contributed by atoms with Crippen LogP contribution in [0.4, 0.5) is 0 Å². The van der Waals surface area contributed by atoms with Gasteiger partial charge in [-0.1, -0.05) is 24.3 Å². The molecule has 0 fully saturated rings. The summed E-state index contributed by atoms with van der Waals surface area (Å²) in [7, 11) is 0. The van der Waals surface area contributed by atoms with Gasteiger partial charge in [-0.2, -0.15) is 0 Å². The highest BCUT2D eigenvalue weighted by Crippen LogP contribution is 2.29. The van der Waals surface area contributed by atoms with Crippen molar-refractivity contribution >= 4 is 29.0 Å². The minimum absolute atomic E-state index is 0.0211. The largest absolute Gasteiger partial charge is 0.456 e. The monoisotopic (exact) mass is 399 g/mol. The molecule has 1 aliphatic carbocycles. The number of hydrogen-bond donors (Lipinski definition) is 1. The molecule has 0 saturated heterocycles. The number of carbonyl (C=O) groups is 3. The molecule has 6 heteroatoms. The maximum atomic E-state index is 12.2. The predicted octanol–water partition coefficient (Wildman–Crippen LogP) is 4.06. The SMILES string of the molecule is Cc1cc(C(=O)CCC(=O)OCC(=O)NC2CCCc3ccccc32)c(C)s1. The summed E-state index contributed by atoms with van der Waals surface area (Å²) in [6.45, 7) is 3.53. The molecule has 1 aromatic heterocycles. The molecule has 1 amide bonds. The van der Waals surface area contributed by atoms with Crippen LogP contribution < -0.4 is 5.32 Å². The van der Waals surface area contributed by atoms with E-state index in [9.17, 15) is 14.4 Å². The molecule has 0 spiro atoms. The van der Waals surface area contributed by atoms with E-state index in [0.29, 0.717) is 5.56 Å². The molecule has 148 valence electrons. The quantitative estimate of drug-likeness (QED) is 0.563. The lowest BCUT2D eigenvalue weighted by Crippen LogP contribution is -2.34. The Balaban J connectivity index is 1.43. The maximum Gasteiger partial charge on any atom is 0.306 e. The Morgan fingerprint density at radius 2 is 1.96 bits per heavy atom. The molecule has 0 aliphatic heterocycles. The molecule has 1 aliphatic rings. The molecular formula is C22H25NO4S. The van der Waals surface area contributed by atoms with E-state index in [4.69, 9.17) is 4.74 Å². The second-order valence-corrected chi connectivity index (χ2v) is 8.58. The number of ketones is 1. The van der Waals surface area contributed by atoms with E-state index in [-0.39, 0.29) is 37.2 Å². The van der Waals surface area contributed by atoms with Gasteiger partial charge < -0.3 is 10.1 Å². The van der Waals surface area contributed by atoms with E-state index in [0.717, 1.165) is 34.6 Å². The molecule has 0 radical (unpaired) electrons. The molecule has 1 unspecified atom stereocenters. The number of aryl methyl sites for hydroxylation is 3. The Kier molecular flexibility index (Phi) is 6.62. The van der Waals surface area contributed by atoms with Crippen molar-refractivity contribution in [2.45, 2.75) is 52.0 Å². The molecule has 1 heterocycles. The molecule has 2 aromatic rings. The molecule has 3 rings (SSSR count). The normalized spacial score (nSPS) is 15.6. The lowest BCUT2D eigenvalue weighted by Gasteiger charge is -2.26. The van der Waals surface area contributed by atoms with Gasteiger partial charge in [-0.3, -0.25) is 14.4 Å². The first-order valence-electron chi connectivity index (χ1n) is 9.57. The highest BCUT2D eigenvalue weighted by atomic mass is 32.1. The number of benzene rings is 1. The minimum Gasteiger partial charge on any atom is -0.456 e. The van der Waals surface area contributed by atoms with Gasteiger partial charge >= 0.3 is 5.97 Å². The van der Waals surface area contributed by atoms with Crippen LogP contribution in [0.2, 0.25) is 0 Å². The first-order chi connectivity index (χ1) is 13.4. The first-order valence-corrected chi connectivity index (χ1v) is 10.4. The second kappa shape index (κ2) is 9.15. The third kappa shape index (κ3) is 5.07. The third-order valence-electron chi connectivity index (χ3n) is 4.97. The maximum absolute atomic E-state index is 12.2. The topological polar surface area (TPSA) is 72.5 Å². The van der Waals surface area contributed by atoms with Crippen molar-refractivity contribution in [2.75, 3.05) is 6.61 Å². The average Bonchev–Trinajstić information content (AvgIpc) is 3.03. The fourth-order valence-corrected chi connectivity index (χ4v) is 4.56. The molecule has 1 N–H and O–H groups in total. The standard InChI is InChI=1S/C22H25NO4S/c1-14-12-18(15(2)28-14)20(24)10-11-22(26)27-13-21(25)23-19-9-5-7-16-6-3-4-8-17(16)19/h3-4,6,8,12,19H,5,7,9-11,13H2,1-2H3,(H,23,25). The highest BCUT2D eigenvalue weighted by molar-refractivity contribution is 7.12. The number of ether oxygens (including phenoxy) is 1. The van der Waals surface area contributed by atoms with Crippen LogP contribution in [0.5, 0.6) is 0 Å². The molecule has 1 aromatic carbocycles. The summed E-state index contributed by atoms with van der Waals surface area (Å²) < 4.78 is 5.05. The van der Waals surface area contributed by atoms with E-state index < -0.39 is 5.97 Å². The summed E-state index contributed by atoms with van der Waals surface area (Å²) in [5.74, 6) is -0.912. The van der Waals surface area contributed by atoms with Crippen molar-refractivity contribution in [2.24, 2.45) is 0 Å². The zero-order valence-corrected chi connectivity index (χ0v) is 17.1. The number of esters is 1. The van der Waals surface area contributed by atoms with Crippen LogP contribution in [0.25, 0.3) is 0 Å². The summed E-state index contributed by atoms with van der Waals surface area (Å²) in [6.07, 6.45) is 2.99. The first kappa shape index (κ1) is 20.3. The summed E-state index contributed by atoms with van der Waals surface area (Å²) in [5.41, 5.74) is 3.07. The number of thiophene rings is 1. The summed E-state index contributed by atoms with van der Waals surface area (Å²) in [6, 6.07) is 9.90. The van der Waals surface area contributed by atoms with Crippen molar-refractivity contribution in [1.29, 1.82) is 0 Å². The van der Waals surface area contributed by atoms with Gasteiger partial charge in [0.15, 0.2) is 12.4 Å². The van der Waals surface area contributed by atoms with Gasteiger partial charge in [0.1, 0.15) is 0 Å². The lowest BCUT2D eigenvalue weighted by atomic mass is 9.88. The molecular weight excluding hydrogens is 374 g/mol. The van der Waals surface area contributed by atoms with Gasteiger partial charge in [0.05, 0.1) is 12.5 Å². The number of fused-ring (bicyclic) bond motifs is 1. The highest BCUT2D eigenvalue weighted by Gasteiger charge is 2.22. The Morgan fingerprint density at radius 1 is 1.18 bits per heavy atom. The fourth-order valence-electron chi connectivity index (χ4n) is 3.62. The second-order valence-electron chi connectivity index (χ2n) is 7.12. The number of Topliss-reactive ketones (excluding diaryl/α,β-unsaturated/α-hetero) is 1. The van der Waals surface area contributed by atoms with Crippen LogP contribution >= 0.6 is 11.3 Å². The predicted molar refractivity (Wildman–Crippen MR) is 109 cm³/mol. The van der Waals surface area contributed by atoms with Crippen LogP contribution in [0.1, 0.15) is 63.0 Å². The van der Waals surface area contributed by atoms with Crippen LogP contribution in [-0.4, -0.2) is 24.3 Å². The van der Waals surface area contributed by atoms with E-state index in [1.54, 1.807) is 11.3 Å². The smallest absolute Gasteiger partial charge is 0.306 e. The molecule has 5 nitrogen and oxygen atoms in total. The molecule has 28 heavy (non-hydrogen) atoms. The summed E-state index contributed by atoms with van der Waals surface area (Å²) >= 11 is 1.57. The fraction of sp³-hybridized carbons (Fsp3) is 0.409. The number of carbonyl (C=O) groups excluding carboxylic acids is 3. The van der Waals surface area contributed by atoms with Crippen molar-refractivity contribution in [3.8, 4) is 0 Å². The van der Waals surface area contributed by atoms with Gasteiger partial charge in [-0.25, -0.2) is 0 Å². The lowest BCUT2D eigenvalue weighted by molar-refractivity contribution is -0.148. The zero-order valence-electron chi connectivity index (χ0n) is 16.2. The van der Waals surface area contributed by atoms with Crippen LogP contribution in [0, 0.1) is 13.8 Å².